The van der Waals surface area contributed by atoms with E-state index < -0.39 is 50.4 Å². The maximum Gasteiger partial charge on any atom is 0.410 e. The smallest absolute Gasteiger partial charge is 0.410 e. The summed E-state index contributed by atoms with van der Waals surface area (Å²) < 4.78 is 59.7. The van der Waals surface area contributed by atoms with Gasteiger partial charge >= 0.3 is 6.09 Å². The van der Waals surface area contributed by atoms with Crippen molar-refractivity contribution in [1.29, 1.82) is 0 Å². The number of nitrogens with one attached hydrogen (secondary N) is 1. The van der Waals surface area contributed by atoms with Crippen LogP contribution in [0.15, 0.2) is 47.4 Å². The molecule has 2 aromatic rings. The van der Waals surface area contributed by atoms with Crippen LogP contribution in [0.4, 0.5) is 13.6 Å². The molecule has 0 radical (unpaired) electrons. The summed E-state index contributed by atoms with van der Waals surface area (Å²) in [6.07, 6.45) is -0.803. The molecule has 2 aromatic carbocycles. The van der Waals surface area contributed by atoms with E-state index in [2.05, 4.69) is 5.32 Å². The monoisotopic (exact) mass is 500 g/mol. The fraction of sp³-hybridized carbons (Fsp3) is 0.364. The number of ether oxygens (including phenoxy) is 1. The number of carbonyl (C=O) groups is 2. The average molecular weight is 501 g/mol. The standard InChI is InChI=1S/C22H23ClF2N2O5S/c1-14(13-32-21(29)27-10-9-26-20(28)12-27)22(2,18-11-16(24)5-8-19(18)25)33(30,31)17-6-3-15(23)4-7-17/h3-8,11,14H,9-10,12-13H2,1-2H3,(H,26,28). The van der Waals surface area contributed by atoms with Gasteiger partial charge in [-0.3, -0.25) is 9.69 Å². The van der Waals surface area contributed by atoms with Gasteiger partial charge in [0.1, 0.15) is 22.9 Å². The Morgan fingerprint density at radius 3 is 2.55 bits per heavy atom. The minimum absolute atomic E-state index is 0.149. The molecule has 1 aliphatic rings. The maximum atomic E-state index is 14.9. The van der Waals surface area contributed by atoms with Crippen molar-refractivity contribution in [3.63, 3.8) is 0 Å². The zero-order valence-corrected chi connectivity index (χ0v) is 19.6. The Hall–Kier alpha value is -2.72. The largest absolute Gasteiger partial charge is 0.449 e. The van der Waals surface area contributed by atoms with E-state index in [9.17, 15) is 26.8 Å². The molecule has 1 aliphatic heterocycles. The van der Waals surface area contributed by atoms with Crippen LogP contribution in [0.25, 0.3) is 0 Å². The molecule has 178 valence electrons. The second-order valence-corrected chi connectivity index (χ2v) is 10.7. The predicted molar refractivity (Wildman–Crippen MR) is 117 cm³/mol. The van der Waals surface area contributed by atoms with Gasteiger partial charge in [0.05, 0.1) is 11.5 Å². The molecule has 3 rings (SSSR count). The molecule has 33 heavy (non-hydrogen) atoms. The van der Waals surface area contributed by atoms with E-state index in [-0.39, 0.29) is 30.4 Å². The fourth-order valence-electron chi connectivity index (χ4n) is 3.65. The van der Waals surface area contributed by atoms with Gasteiger partial charge in [-0.15, -0.1) is 0 Å². The van der Waals surface area contributed by atoms with E-state index in [1.807, 2.05) is 0 Å². The van der Waals surface area contributed by atoms with E-state index in [0.717, 1.165) is 18.2 Å². The Morgan fingerprint density at radius 2 is 1.91 bits per heavy atom. The molecular formula is C22H23ClF2N2O5S. The van der Waals surface area contributed by atoms with Gasteiger partial charge in [0, 0.05) is 29.6 Å². The number of hydrogen-bond acceptors (Lipinski definition) is 5. The highest BCUT2D eigenvalue weighted by Gasteiger charge is 2.49. The van der Waals surface area contributed by atoms with Crippen molar-refractivity contribution in [2.24, 2.45) is 5.92 Å². The first-order chi connectivity index (χ1) is 15.5. The van der Waals surface area contributed by atoms with E-state index >= 15 is 0 Å². The van der Waals surface area contributed by atoms with E-state index in [0.29, 0.717) is 5.02 Å². The van der Waals surface area contributed by atoms with Gasteiger partial charge in [0.25, 0.3) is 0 Å². The number of piperazine rings is 1. The van der Waals surface area contributed by atoms with Gasteiger partial charge in [0.15, 0.2) is 9.84 Å². The normalized spacial score (nSPS) is 17.1. The third-order valence-corrected chi connectivity index (χ3v) is 8.72. The second kappa shape index (κ2) is 9.64. The van der Waals surface area contributed by atoms with Crippen LogP contribution in [0, 0.1) is 17.6 Å². The molecule has 0 saturated carbocycles. The van der Waals surface area contributed by atoms with Crippen molar-refractivity contribution in [2.75, 3.05) is 26.2 Å². The lowest BCUT2D eigenvalue weighted by Gasteiger charge is -2.36. The van der Waals surface area contributed by atoms with Crippen molar-refractivity contribution in [3.8, 4) is 0 Å². The molecule has 1 heterocycles. The van der Waals surface area contributed by atoms with Gasteiger partial charge in [-0.25, -0.2) is 22.0 Å². The Balaban J connectivity index is 1.98. The molecule has 2 amide bonds. The lowest BCUT2D eigenvalue weighted by molar-refractivity contribution is -0.123. The third kappa shape index (κ3) is 4.96. The minimum atomic E-state index is -4.32. The SMILES string of the molecule is CC(COC(=O)N1CCNC(=O)C1)C(C)(c1cc(F)ccc1F)S(=O)(=O)c1ccc(Cl)cc1. The molecular weight excluding hydrogens is 478 g/mol. The van der Waals surface area contributed by atoms with Crippen LogP contribution in [0.3, 0.4) is 0 Å². The van der Waals surface area contributed by atoms with Crippen molar-refractivity contribution in [1.82, 2.24) is 10.2 Å². The summed E-state index contributed by atoms with van der Waals surface area (Å²) in [7, 11) is -4.32. The van der Waals surface area contributed by atoms with Crippen LogP contribution < -0.4 is 5.32 Å². The molecule has 1 saturated heterocycles. The van der Waals surface area contributed by atoms with Gasteiger partial charge < -0.3 is 10.1 Å². The number of nitrogens with zero attached hydrogens (tertiary/aromatic N) is 1. The molecule has 11 heteroatoms. The van der Waals surface area contributed by atoms with Crippen molar-refractivity contribution in [2.45, 2.75) is 23.5 Å². The summed E-state index contributed by atoms with van der Waals surface area (Å²) in [4.78, 5) is 25.0. The lowest BCUT2D eigenvalue weighted by atomic mass is 9.87. The molecule has 0 aromatic heterocycles. The first-order valence-corrected chi connectivity index (χ1v) is 12.0. The van der Waals surface area contributed by atoms with Crippen LogP contribution >= 0.6 is 11.6 Å². The first-order valence-electron chi connectivity index (χ1n) is 10.1. The Kier molecular flexibility index (Phi) is 7.28. The highest BCUT2D eigenvalue weighted by atomic mass is 35.5. The van der Waals surface area contributed by atoms with Crippen LogP contribution in [0.5, 0.6) is 0 Å². The Labute approximate surface area is 195 Å². The van der Waals surface area contributed by atoms with Crippen LogP contribution in [-0.2, 0) is 24.1 Å². The number of hydrogen-bond donors (Lipinski definition) is 1. The Morgan fingerprint density at radius 1 is 1.24 bits per heavy atom. The molecule has 0 aliphatic carbocycles. The molecule has 0 bridgehead atoms. The first kappa shape index (κ1) is 24.9. The number of rotatable bonds is 6. The van der Waals surface area contributed by atoms with E-state index in [1.165, 1.54) is 43.0 Å². The van der Waals surface area contributed by atoms with Crippen molar-refractivity contribution < 1.29 is 31.5 Å². The van der Waals surface area contributed by atoms with Gasteiger partial charge in [-0.2, -0.15) is 0 Å². The third-order valence-electron chi connectivity index (χ3n) is 5.84. The Bertz CT molecular complexity index is 1160. The van der Waals surface area contributed by atoms with Crippen molar-refractivity contribution in [3.05, 3.63) is 64.7 Å². The number of benzene rings is 2. The summed E-state index contributed by atoms with van der Waals surface area (Å²) >= 11 is 5.88. The number of halogens is 3. The highest BCUT2D eigenvalue weighted by Crippen LogP contribution is 2.43. The second-order valence-electron chi connectivity index (χ2n) is 7.94. The van der Waals surface area contributed by atoms with Crippen LogP contribution in [-0.4, -0.2) is 51.6 Å². The zero-order valence-electron chi connectivity index (χ0n) is 18.0. The van der Waals surface area contributed by atoms with Crippen LogP contribution in [0.2, 0.25) is 5.02 Å². The number of sulfone groups is 1. The molecule has 0 spiro atoms. The lowest BCUT2D eigenvalue weighted by Crippen LogP contribution is -2.50. The van der Waals surface area contributed by atoms with Crippen LogP contribution in [0.1, 0.15) is 19.4 Å². The minimum Gasteiger partial charge on any atom is -0.449 e. The van der Waals surface area contributed by atoms with Gasteiger partial charge in [0.2, 0.25) is 5.91 Å². The highest BCUT2D eigenvalue weighted by molar-refractivity contribution is 7.92. The van der Waals surface area contributed by atoms with E-state index in [1.54, 1.807) is 0 Å². The summed E-state index contributed by atoms with van der Waals surface area (Å²) in [5.41, 5.74) is -0.390. The molecule has 2 unspecified atom stereocenters. The predicted octanol–water partition coefficient (Wildman–Crippen LogP) is 3.51. The molecule has 7 nitrogen and oxygen atoms in total. The summed E-state index contributed by atoms with van der Waals surface area (Å²) in [6, 6.07) is 7.88. The summed E-state index contributed by atoms with van der Waals surface area (Å²) in [5, 5.41) is 2.88. The quantitative estimate of drug-likeness (QED) is 0.655. The van der Waals surface area contributed by atoms with E-state index in [4.69, 9.17) is 16.3 Å². The zero-order chi connectivity index (χ0) is 24.4. The maximum absolute atomic E-state index is 14.9. The summed E-state index contributed by atoms with van der Waals surface area (Å²) in [6.45, 7) is 2.62. The molecule has 1 fully saturated rings. The van der Waals surface area contributed by atoms with Crippen molar-refractivity contribution >= 4 is 33.4 Å². The molecule has 2 atom stereocenters. The average Bonchev–Trinajstić information content (AvgIpc) is 2.78. The topological polar surface area (TPSA) is 92.8 Å². The summed E-state index contributed by atoms with van der Waals surface area (Å²) in [5.74, 6) is -3.07. The van der Waals surface area contributed by atoms with Gasteiger partial charge in [-0.05, 0) is 49.4 Å². The number of amides is 2. The van der Waals surface area contributed by atoms with Gasteiger partial charge in [-0.1, -0.05) is 18.5 Å². The number of carbonyl (C=O) groups excluding carboxylic acids is 2. The molecule has 1 N–H and O–H groups in total. The fourth-order valence-corrected chi connectivity index (χ4v) is 5.81.